The summed E-state index contributed by atoms with van der Waals surface area (Å²) in [5.74, 6) is -0.889. The van der Waals surface area contributed by atoms with Crippen molar-refractivity contribution in [3.05, 3.63) is 10.5 Å². The Morgan fingerprint density at radius 1 is 1.40 bits per heavy atom. The zero-order valence-electron chi connectivity index (χ0n) is 5.63. The van der Waals surface area contributed by atoms with Crippen LogP contribution in [0.2, 0.25) is 0 Å². The second kappa shape index (κ2) is 3.10. The first-order valence-electron chi connectivity index (χ1n) is 3.36. The van der Waals surface area contributed by atoms with E-state index in [4.69, 9.17) is 5.11 Å². The van der Waals surface area contributed by atoms with Crippen molar-refractivity contribution in [2.24, 2.45) is 0 Å². The van der Waals surface area contributed by atoms with E-state index in [1.807, 2.05) is 0 Å². The Hall–Kier alpha value is -0.440. The van der Waals surface area contributed by atoms with Crippen molar-refractivity contribution in [1.82, 2.24) is 0 Å². The lowest BCUT2D eigenvalue weighted by molar-refractivity contribution is -0.131. The summed E-state index contributed by atoms with van der Waals surface area (Å²) in [5.41, 5.74) is 1.01. The van der Waals surface area contributed by atoms with Crippen LogP contribution in [0.15, 0.2) is 10.5 Å². The van der Waals surface area contributed by atoms with Crippen LogP contribution in [0.5, 0.6) is 0 Å². The van der Waals surface area contributed by atoms with Gasteiger partial charge < -0.3 is 5.11 Å². The van der Waals surface area contributed by atoms with E-state index in [-0.39, 0.29) is 4.91 Å². The van der Waals surface area contributed by atoms with Crippen LogP contribution in [0, 0.1) is 0 Å². The number of hydrogen-bond donors (Lipinski definition) is 2. The Bertz CT molecular complexity index is 176. The molecule has 0 saturated heterocycles. The molecule has 0 aliphatic heterocycles. The molecule has 0 aromatic heterocycles. The van der Waals surface area contributed by atoms with Crippen molar-refractivity contribution in [2.75, 3.05) is 0 Å². The SMILES string of the molecule is O=C(O)C(S)=C1CCCC1. The molecule has 1 N–H and O–H groups in total. The normalized spacial score (nSPS) is 17.5. The molecule has 0 heterocycles. The van der Waals surface area contributed by atoms with Gasteiger partial charge in [-0.3, -0.25) is 0 Å². The molecule has 0 amide bonds. The maximum atomic E-state index is 10.4. The van der Waals surface area contributed by atoms with Gasteiger partial charge in [0, 0.05) is 0 Å². The zero-order chi connectivity index (χ0) is 7.56. The van der Waals surface area contributed by atoms with Crippen LogP contribution >= 0.6 is 12.6 Å². The molecule has 0 spiro atoms. The van der Waals surface area contributed by atoms with Gasteiger partial charge in [0.1, 0.15) is 0 Å². The molecule has 1 rings (SSSR count). The fraction of sp³-hybridized carbons (Fsp3) is 0.571. The second-order valence-corrected chi connectivity index (χ2v) is 2.91. The molecule has 1 fully saturated rings. The van der Waals surface area contributed by atoms with Crippen LogP contribution < -0.4 is 0 Å². The first kappa shape index (κ1) is 7.66. The molecule has 0 radical (unpaired) electrons. The van der Waals surface area contributed by atoms with Crippen LogP contribution in [0.4, 0.5) is 0 Å². The number of rotatable bonds is 1. The maximum Gasteiger partial charge on any atom is 0.341 e. The van der Waals surface area contributed by atoms with Crippen molar-refractivity contribution in [1.29, 1.82) is 0 Å². The summed E-state index contributed by atoms with van der Waals surface area (Å²) in [6.07, 6.45) is 4.08. The minimum atomic E-state index is -0.889. The molecule has 10 heavy (non-hydrogen) atoms. The summed E-state index contributed by atoms with van der Waals surface area (Å²) in [6, 6.07) is 0. The van der Waals surface area contributed by atoms with Crippen LogP contribution in [0.25, 0.3) is 0 Å². The number of hydrogen-bond acceptors (Lipinski definition) is 2. The van der Waals surface area contributed by atoms with Crippen molar-refractivity contribution in [3.63, 3.8) is 0 Å². The Morgan fingerprint density at radius 3 is 2.30 bits per heavy atom. The molecular formula is C7H10O2S. The van der Waals surface area contributed by atoms with Crippen LogP contribution in [0.3, 0.4) is 0 Å². The summed E-state index contributed by atoms with van der Waals surface area (Å²) >= 11 is 3.90. The van der Waals surface area contributed by atoms with Crippen molar-refractivity contribution in [2.45, 2.75) is 25.7 Å². The summed E-state index contributed by atoms with van der Waals surface area (Å²) < 4.78 is 0. The Kier molecular flexibility index (Phi) is 2.38. The molecule has 2 nitrogen and oxygen atoms in total. The molecule has 0 atom stereocenters. The molecule has 56 valence electrons. The predicted octanol–water partition coefficient (Wildman–Crippen LogP) is 1.83. The Labute approximate surface area is 65.3 Å². The van der Waals surface area contributed by atoms with Gasteiger partial charge in [0.25, 0.3) is 0 Å². The largest absolute Gasteiger partial charge is 0.477 e. The molecule has 1 aliphatic carbocycles. The van der Waals surface area contributed by atoms with E-state index < -0.39 is 5.97 Å². The van der Waals surface area contributed by atoms with Crippen molar-refractivity contribution < 1.29 is 9.90 Å². The summed E-state index contributed by atoms with van der Waals surface area (Å²) in [6.45, 7) is 0. The monoisotopic (exact) mass is 158 g/mol. The van der Waals surface area contributed by atoms with Gasteiger partial charge in [-0.15, -0.1) is 12.6 Å². The second-order valence-electron chi connectivity index (χ2n) is 2.46. The highest BCUT2D eigenvalue weighted by molar-refractivity contribution is 7.85. The van der Waals surface area contributed by atoms with E-state index in [9.17, 15) is 4.79 Å². The van der Waals surface area contributed by atoms with Crippen LogP contribution in [-0.4, -0.2) is 11.1 Å². The number of thiol groups is 1. The molecular weight excluding hydrogens is 148 g/mol. The third-order valence-electron chi connectivity index (χ3n) is 1.74. The third-order valence-corrected chi connectivity index (χ3v) is 2.25. The van der Waals surface area contributed by atoms with Gasteiger partial charge in [-0.05, 0) is 31.3 Å². The topological polar surface area (TPSA) is 37.3 Å². The lowest BCUT2D eigenvalue weighted by Crippen LogP contribution is -1.96. The minimum absolute atomic E-state index is 0.262. The van der Waals surface area contributed by atoms with Gasteiger partial charge in [-0.2, -0.15) is 0 Å². The zero-order valence-corrected chi connectivity index (χ0v) is 6.53. The van der Waals surface area contributed by atoms with E-state index in [1.54, 1.807) is 0 Å². The lowest BCUT2D eigenvalue weighted by Gasteiger charge is -1.96. The van der Waals surface area contributed by atoms with Crippen LogP contribution in [0.1, 0.15) is 25.7 Å². The van der Waals surface area contributed by atoms with Gasteiger partial charge in [-0.1, -0.05) is 0 Å². The number of allylic oxidation sites excluding steroid dienone is 1. The van der Waals surface area contributed by atoms with E-state index in [0.717, 1.165) is 31.3 Å². The first-order chi connectivity index (χ1) is 4.72. The Morgan fingerprint density at radius 2 is 1.90 bits per heavy atom. The smallest absolute Gasteiger partial charge is 0.341 e. The summed E-state index contributed by atoms with van der Waals surface area (Å²) in [7, 11) is 0. The fourth-order valence-corrected chi connectivity index (χ4v) is 1.41. The highest BCUT2D eigenvalue weighted by Gasteiger charge is 2.14. The highest BCUT2D eigenvalue weighted by Crippen LogP contribution is 2.28. The number of carboxylic acids is 1. The molecule has 1 aliphatic rings. The van der Waals surface area contributed by atoms with E-state index in [1.165, 1.54) is 0 Å². The number of aliphatic carboxylic acids is 1. The van der Waals surface area contributed by atoms with E-state index in [0.29, 0.717) is 0 Å². The van der Waals surface area contributed by atoms with Gasteiger partial charge in [0.2, 0.25) is 0 Å². The average Bonchev–Trinajstić information content (AvgIpc) is 2.36. The number of carbonyl (C=O) groups is 1. The van der Waals surface area contributed by atoms with Crippen LogP contribution in [-0.2, 0) is 4.79 Å². The molecule has 0 unspecified atom stereocenters. The van der Waals surface area contributed by atoms with Crippen molar-refractivity contribution in [3.8, 4) is 0 Å². The molecule has 3 heteroatoms. The molecule has 0 aromatic rings. The highest BCUT2D eigenvalue weighted by atomic mass is 32.1. The van der Waals surface area contributed by atoms with E-state index >= 15 is 0 Å². The lowest BCUT2D eigenvalue weighted by atomic mass is 10.2. The summed E-state index contributed by atoms with van der Waals surface area (Å²) in [4.78, 5) is 10.6. The van der Waals surface area contributed by atoms with Gasteiger partial charge >= 0.3 is 5.97 Å². The predicted molar refractivity (Wildman–Crippen MR) is 42.1 cm³/mol. The molecule has 0 bridgehead atoms. The number of carboxylic acid groups (broad SMARTS) is 1. The average molecular weight is 158 g/mol. The van der Waals surface area contributed by atoms with Gasteiger partial charge in [0.15, 0.2) is 0 Å². The van der Waals surface area contributed by atoms with Gasteiger partial charge in [-0.25, -0.2) is 4.79 Å². The van der Waals surface area contributed by atoms with E-state index in [2.05, 4.69) is 12.6 Å². The molecule has 0 aromatic carbocycles. The van der Waals surface area contributed by atoms with Crippen molar-refractivity contribution >= 4 is 18.6 Å². The standard InChI is InChI=1S/C7H10O2S/c8-7(9)6(10)5-3-1-2-4-5/h10H,1-4H2,(H,8,9). The quantitative estimate of drug-likeness (QED) is 0.451. The first-order valence-corrected chi connectivity index (χ1v) is 3.81. The molecule has 1 saturated carbocycles. The maximum absolute atomic E-state index is 10.4. The third kappa shape index (κ3) is 1.53. The summed E-state index contributed by atoms with van der Waals surface area (Å²) in [5, 5.41) is 8.51. The Balaban J connectivity index is 2.73. The van der Waals surface area contributed by atoms with Gasteiger partial charge in [0.05, 0.1) is 4.91 Å². The minimum Gasteiger partial charge on any atom is -0.477 e. The fourth-order valence-electron chi connectivity index (χ4n) is 1.19.